The van der Waals surface area contributed by atoms with E-state index in [-0.39, 0.29) is 0 Å². The zero-order valence-electron chi connectivity index (χ0n) is 12.4. The number of ether oxygens (including phenoxy) is 1. The SMILES string of the molecule is CCc1cc(CNC(C)C)cc(Oc2ncn(C)n2)n1. The molecule has 0 saturated carbocycles. The Hall–Kier alpha value is -1.95. The maximum Gasteiger partial charge on any atom is 0.342 e. The van der Waals surface area contributed by atoms with Crippen LogP contribution >= 0.6 is 0 Å². The summed E-state index contributed by atoms with van der Waals surface area (Å²) in [7, 11) is 1.80. The van der Waals surface area contributed by atoms with Gasteiger partial charge < -0.3 is 10.1 Å². The molecule has 0 unspecified atom stereocenters. The number of aryl methyl sites for hydroxylation is 2. The Morgan fingerprint density at radius 2 is 2.15 bits per heavy atom. The largest absolute Gasteiger partial charge is 0.404 e. The zero-order chi connectivity index (χ0) is 14.5. The minimum Gasteiger partial charge on any atom is -0.404 e. The highest BCUT2D eigenvalue weighted by Crippen LogP contribution is 2.18. The van der Waals surface area contributed by atoms with Gasteiger partial charge in [0.2, 0.25) is 5.88 Å². The molecule has 0 fully saturated rings. The van der Waals surface area contributed by atoms with E-state index in [1.807, 2.05) is 6.07 Å². The first kappa shape index (κ1) is 14.5. The summed E-state index contributed by atoms with van der Waals surface area (Å²) in [5.41, 5.74) is 2.15. The van der Waals surface area contributed by atoms with E-state index in [1.54, 1.807) is 18.1 Å². The van der Waals surface area contributed by atoms with Crippen LogP contribution in [0.15, 0.2) is 18.5 Å². The number of pyridine rings is 1. The lowest BCUT2D eigenvalue weighted by Gasteiger charge is -2.10. The van der Waals surface area contributed by atoms with Gasteiger partial charge in [-0.2, -0.15) is 4.98 Å². The Morgan fingerprint density at radius 3 is 2.75 bits per heavy atom. The van der Waals surface area contributed by atoms with Gasteiger partial charge in [-0.3, -0.25) is 4.68 Å². The van der Waals surface area contributed by atoms with Gasteiger partial charge in [0.15, 0.2) is 0 Å². The van der Waals surface area contributed by atoms with Gasteiger partial charge in [0.1, 0.15) is 6.33 Å². The van der Waals surface area contributed by atoms with Crippen molar-refractivity contribution in [3.63, 3.8) is 0 Å². The molecule has 0 aromatic carbocycles. The molecule has 0 atom stereocenters. The second-order valence-electron chi connectivity index (χ2n) is 5.00. The first-order chi connectivity index (χ1) is 9.56. The normalized spacial score (nSPS) is 11.1. The van der Waals surface area contributed by atoms with Crippen molar-refractivity contribution in [1.82, 2.24) is 25.1 Å². The van der Waals surface area contributed by atoms with E-state index < -0.39 is 0 Å². The van der Waals surface area contributed by atoms with Crippen LogP contribution in [0, 0.1) is 0 Å². The smallest absolute Gasteiger partial charge is 0.342 e. The Labute approximate surface area is 119 Å². The summed E-state index contributed by atoms with van der Waals surface area (Å²) in [6.45, 7) is 7.11. The van der Waals surface area contributed by atoms with E-state index in [0.29, 0.717) is 17.9 Å². The molecule has 2 rings (SSSR count). The molecule has 2 heterocycles. The van der Waals surface area contributed by atoms with Gasteiger partial charge in [0.25, 0.3) is 0 Å². The van der Waals surface area contributed by atoms with E-state index in [4.69, 9.17) is 4.74 Å². The third-order valence-electron chi connectivity index (χ3n) is 2.77. The van der Waals surface area contributed by atoms with Crippen LogP contribution < -0.4 is 10.1 Å². The third-order valence-corrected chi connectivity index (χ3v) is 2.77. The highest BCUT2D eigenvalue weighted by molar-refractivity contribution is 5.26. The van der Waals surface area contributed by atoms with Crippen LogP contribution in [0.1, 0.15) is 32.0 Å². The fourth-order valence-electron chi connectivity index (χ4n) is 1.74. The lowest BCUT2D eigenvalue weighted by atomic mass is 10.2. The lowest BCUT2D eigenvalue weighted by Crippen LogP contribution is -2.22. The molecule has 1 N–H and O–H groups in total. The van der Waals surface area contributed by atoms with Crippen molar-refractivity contribution in [2.24, 2.45) is 7.05 Å². The summed E-state index contributed by atoms with van der Waals surface area (Å²) in [6, 6.07) is 4.77. The van der Waals surface area contributed by atoms with Crippen LogP contribution in [0.3, 0.4) is 0 Å². The Balaban J connectivity index is 2.16. The molecule has 20 heavy (non-hydrogen) atoms. The van der Waals surface area contributed by atoms with Crippen molar-refractivity contribution >= 4 is 0 Å². The van der Waals surface area contributed by atoms with Crippen molar-refractivity contribution in [1.29, 1.82) is 0 Å². The summed E-state index contributed by atoms with van der Waals surface area (Å²) < 4.78 is 7.20. The van der Waals surface area contributed by atoms with Gasteiger partial charge >= 0.3 is 6.01 Å². The van der Waals surface area contributed by atoms with Crippen molar-refractivity contribution in [3.05, 3.63) is 29.7 Å². The molecular weight excluding hydrogens is 254 g/mol. The van der Waals surface area contributed by atoms with Gasteiger partial charge in [0.05, 0.1) is 0 Å². The average molecular weight is 275 g/mol. The number of nitrogens with one attached hydrogen (secondary N) is 1. The third kappa shape index (κ3) is 4.03. The molecule has 6 heteroatoms. The monoisotopic (exact) mass is 275 g/mol. The van der Waals surface area contributed by atoms with Crippen LogP contribution in [-0.4, -0.2) is 25.8 Å². The van der Waals surface area contributed by atoms with Crippen molar-refractivity contribution in [3.8, 4) is 11.9 Å². The number of hydrogen-bond donors (Lipinski definition) is 1. The van der Waals surface area contributed by atoms with E-state index in [1.165, 1.54) is 0 Å². The Morgan fingerprint density at radius 1 is 1.35 bits per heavy atom. The summed E-state index contributed by atoms with van der Waals surface area (Å²) in [5, 5.41) is 7.48. The lowest BCUT2D eigenvalue weighted by molar-refractivity contribution is 0.420. The first-order valence-corrected chi connectivity index (χ1v) is 6.83. The molecule has 2 aromatic rings. The molecule has 0 aliphatic carbocycles. The summed E-state index contributed by atoms with van der Waals surface area (Å²) in [5.74, 6) is 0.538. The Kier molecular flexibility index (Phi) is 4.68. The van der Waals surface area contributed by atoms with Crippen LogP contribution in [0.25, 0.3) is 0 Å². The molecule has 108 valence electrons. The van der Waals surface area contributed by atoms with E-state index in [2.05, 4.69) is 47.2 Å². The zero-order valence-corrected chi connectivity index (χ0v) is 12.4. The number of rotatable bonds is 6. The molecular formula is C14H21N5O. The topological polar surface area (TPSA) is 64.9 Å². The maximum absolute atomic E-state index is 5.61. The Bertz CT molecular complexity index is 564. The molecule has 0 aliphatic rings. The second kappa shape index (κ2) is 6.47. The van der Waals surface area contributed by atoms with Gasteiger partial charge in [-0.15, -0.1) is 5.10 Å². The second-order valence-corrected chi connectivity index (χ2v) is 5.00. The molecule has 2 aromatic heterocycles. The molecule has 0 radical (unpaired) electrons. The minimum absolute atomic E-state index is 0.316. The van der Waals surface area contributed by atoms with Crippen molar-refractivity contribution in [2.45, 2.75) is 39.8 Å². The van der Waals surface area contributed by atoms with Gasteiger partial charge in [-0.1, -0.05) is 20.8 Å². The molecule has 0 saturated heterocycles. The molecule has 0 spiro atoms. The molecule has 0 bridgehead atoms. The van der Waals surface area contributed by atoms with E-state index in [9.17, 15) is 0 Å². The average Bonchev–Trinajstić information content (AvgIpc) is 2.81. The maximum atomic E-state index is 5.61. The van der Waals surface area contributed by atoms with Gasteiger partial charge in [0, 0.05) is 31.4 Å². The predicted octanol–water partition coefficient (Wildman–Crippen LogP) is 2.06. The van der Waals surface area contributed by atoms with Gasteiger partial charge in [-0.25, -0.2) is 4.98 Å². The first-order valence-electron chi connectivity index (χ1n) is 6.83. The van der Waals surface area contributed by atoms with E-state index >= 15 is 0 Å². The van der Waals surface area contributed by atoms with E-state index in [0.717, 1.165) is 24.2 Å². The van der Waals surface area contributed by atoms with Crippen LogP contribution in [-0.2, 0) is 20.0 Å². The summed E-state index contributed by atoms with van der Waals surface area (Å²) >= 11 is 0. The fraction of sp³-hybridized carbons (Fsp3) is 0.500. The number of nitrogens with zero attached hydrogens (tertiary/aromatic N) is 4. The minimum atomic E-state index is 0.316. The summed E-state index contributed by atoms with van der Waals surface area (Å²) in [6.07, 6.45) is 2.46. The number of hydrogen-bond acceptors (Lipinski definition) is 5. The molecule has 0 amide bonds. The fourth-order valence-corrected chi connectivity index (χ4v) is 1.74. The van der Waals surface area contributed by atoms with Crippen LogP contribution in [0.2, 0.25) is 0 Å². The quantitative estimate of drug-likeness (QED) is 0.874. The van der Waals surface area contributed by atoms with Crippen LogP contribution in [0.5, 0.6) is 11.9 Å². The molecule has 6 nitrogen and oxygen atoms in total. The molecule has 0 aliphatic heterocycles. The summed E-state index contributed by atoms with van der Waals surface area (Å²) in [4.78, 5) is 8.49. The highest BCUT2D eigenvalue weighted by Gasteiger charge is 2.07. The van der Waals surface area contributed by atoms with Crippen LogP contribution in [0.4, 0.5) is 0 Å². The number of aromatic nitrogens is 4. The van der Waals surface area contributed by atoms with Gasteiger partial charge in [-0.05, 0) is 18.1 Å². The predicted molar refractivity (Wildman–Crippen MR) is 76.7 cm³/mol. The van der Waals surface area contributed by atoms with Crippen molar-refractivity contribution < 1.29 is 4.74 Å². The highest BCUT2D eigenvalue weighted by atomic mass is 16.5. The standard InChI is InChI=1S/C14H21N5O/c1-5-12-6-11(8-15-10(2)3)7-13(17-12)20-14-16-9-19(4)18-14/h6-7,9-10,15H,5,8H2,1-4H3. The van der Waals surface area contributed by atoms with Crippen molar-refractivity contribution in [2.75, 3.05) is 0 Å².